The van der Waals surface area contributed by atoms with Crippen molar-refractivity contribution in [2.45, 2.75) is 19.4 Å². The number of hydrogen-bond acceptors (Lipinski definition) is 4. The number of likely N-dealkylation sites (tertiary alicyclic amines) is 1. The highest BCUT2D eigenvalue weighted by molar-refractivity contribution is 5.91. The Hall–Kier alpha value is -2.63. The van der Waals surface area contributed by atoms with Crippen LogP contribution in [0, 0.1) is 0 Å². The first-order chi connectivity index (χ1) is 15.3. The van der Waals surface area contributed by atoms with Gasteiger partial charge < -0.3 is 14.5 Å². The van der Waals surface area contributed by atoms with Crippen LogP contribution in [0.25, 0.3) is 6.08 Å². The monoisotopic (exact) mass is 419 g/mol. The van der Waals surface area contributed by atoms with E-state index >= 15 is 0 Å². The fourth-order valence-electron chi connectivity index (χ4n) is 4.17. The Morgan fingerprint density at radius 1 is 0.806 bits per heavy atom. The van der Waals surface area contributed by atoms with E-state index in [4.69, 9.17) is 4.74 Å². The molecule has 0 bridgehead atoms. The summed E-state index contributed by atoms with van der Waals surface area (Å²) >= 11 is 0. The maximum atomic E-state index is 12.6. The molecule has 2 aliphatic rings. The minimum atomic E-state index is 0.101. The molecule has 31 heavy (non-hydrogen) atoms. The van der Waals surface area contributed by atoms with Gasteiger partial charge >= 0.3 is 0 Å². The van der Waals surface area contributed by atoms with Gasteiger partial charge in [-0.15, -0.1) is 0 Å². The standard InChI is InChI=1S/C26H33N3O2/c30-26(29-20-18-28(19-21-29)17-16-27-14-4-5-15-27)13-10-23-8-11-25(12-9-23)31-22-24-6-2-1-3-7-24/h1-3,6-13H,4-5,14-22H2. The summed E-state index contributed by atoms with van der Waals surface area (Å²) in [5.41, 5.74) is 2.15. The Morgan fingerprint density at radius 3 is 2.13 bits per heavy atom. The SMILES string of the molecule is O=C(C=Cc1ccc(OCc2ccccc2)cc1)N1CCN(CCN2CCCC2)CC1. The molecule has 5 heteroatoms. The van der Waals surface area contributed by atoms with Crippen LogP contribution in [0.4, 0.5) is 0 Å². The van der Waals surface area contributed by atoms with E-state index < -0.39 is 0 Å². The average molecular weight is 420 g/mol. The molecule has 0 atom stereocenters. The van der Waals surface area contributed by atoms with Crippen molar-refractivity contribution >= 4 is 12.0 Å². The average Bonchev–Trinajstić information content (AvgIpc) is 3.35. The van der Waals surface area contributed by atoms with E-state index in [2.05, 4.69) is 21.9 Å². The third kappa shape index (κ3) is 6.68. The number of hydrogen-bond donors (Lipinski definition) is 0. The number of ether oxygens (including phenoxy) is 1. The van der Waals surface area contributed by atoms with Crippen LogP contribution in [0.3, 0.4) is 0 Å². The predicted octanol–water partition coefficient (Wildman–Crippen LogP) is 3.52. The van der Waals surface area contributed by atoms with E-state index in [0.29, 0.717) is 6.61 Å². The van der Waals surface area contributed by atoms with Gasteiger partial charge in [-0.05, 0) is 55.3 Å². The second-order valence-electron chi connectivity index (χ2n) is 8.39. The zero-order chi connectivity index (χ0) is 21.3. The van der Waals surface area contributed by atoms with E-state index in [1.807, 2.05) is 53.4 Å². The van der Waals surface area contributed by atoms with Crippen molar-refractivity contribution in [2.75, 3.05) is 52.4 Å². The summed E-state index contributed by atoms with van der Waals surface area (Å²) in [6, 6.07) is 18.0. The Morgan fingerprint density at radius 2 is 1.45 bits per heavy atom. The minimum absolute atomic E-state index is 0.101. The van der Waals surface area contributed by atoms with Gasteiger partial charge in [0, 0.05) is 45.3 Å². The molecule has 0 radical (unpaired) electrons. The Labute approximate surface area is 185 Å². The van der Waals surface area contributed by atoms with Crippen molar-refractivity contribution in [3.05, 3.63) is 71.8 Å². The molecule has 0 aliphatic carbocycles. The smallest absolute Gasteiger partial charge is 0.246 e. The Balaban J connectivity index is 1.18. The molecule has 2 aromatic carbocycles. The van der Waals surface area contributed by atoms with Gasteiger partial charge in [0.05, 0.1) is 0 Å². The first-order valence-electron chi connectivity index (χ1n) is 11.4. The number of benzene rings is 2. The topological polar surface area (TPSA) is 36.0 Å². The molecule has 0 N–H and O–H groups in total. The van der Waals surface area contributed by atoms with Crippen LogP contribution < -0.4 is 4.74 Å². The molecule has 0 spiro atoms. The van der Waals surface area contributed by atoms with E-state index in [-0.39, 0.29) is 5.91 Å². The van der Waals surface area contributed by atoms with Crippen LogP contribution >= 0.6 is 0 Å². The molecule has 5 nitrogen and oxygen atoms in total. The zero-order valence-corrected chi connectivity index (χ0v) is 18.3. The van der Waals surface area contributed by atoms with E-state index in [1.54, 1.807) is 6.08 Å². The van der Waals surface area contributed by atoms with Crippen molar-refractivity contribution in [1.29, 1.82) is 0 Å². The van der Waals surface area contributed by atoms with Crippen molar-refractivity contribution in [1.82, 2.24) is 14.7 Å². The highest BCUT2D eigenvalue weighted by atomic mass is 16.5. The van der Waals surface area contributed by atoms with E-state index in [1.165, 1.54) is 32.5 Å². The van der Waals surface area contributed by atoms with Crippen molar-refractivity contribution in [3.63, 3.8) is 0 Å². The second-order valence-corrected chi connectivity index (χ2v) is 8.39. The van der Waals surface area contributed by atoms with Crippen molar-refractivity contribution in [3.8, 4) is 5.75 Å². The minimum Gasteiger partial charge on any atom is -0.489 e. The van der Waals surface area contributed by atoms with Crippen LogP contribution in [-0.4, -0.2) is 73.0 Å². The summed E-state index contributed by atoms with van der Waals surface area (Å²) < 4.78 is 5.82. The number of nitrogens with zero attached hydrogens (tertiary/aromatic N) is 3. The highest BCUT2D eigenvalue weighted by Gasteiger charge is 2.20. The molecule has 0 unspecified atom stereocenters. The second kappa shape index (κ2) is 11.1. The number of carbonyl (C=O) groups is 1. The molecular weight excluding hydrogens is 386 g/mol. The lowest BCUT2D eigenvalue weighted by molar-refractivity contribution is -0.127. The van der Waals surface area contributed by atoms with Gasteiger partial charge in [-0.1, -0.05) is 42.5 Å². The third-order valence-corrected chi connectivity index (χ3v) is 6.16. The molecule has 1 amide bonds. The van der Waals surface area contributed by atoms with Gasteiger partial charge in [0.1, 0.15) is 12.4 Å². The van der Waals surface area contributed by atoms with Crippen LogP contribution in [0.1, 0.15) is 24.0 Å². The van der Waals surface area contributed by atoms with Gasteiger partial charge in [0.25, 0.3) is 0 Å². The van der Waals surface area contributed by atoms with Crippen LogP contribution in [0.2, 0.25) is 0 Å². The van der Waals surface area contributed by atoms with Gasteiger partial charge in [-0.25, -0.2) is 0 Å². The Kier molecular flexibility index (Phi) is 7.75. The lowest BCUT2D eigenvalue weighted by Crippen LogP contribution is -2.49. The summed E-state index contributed by atoms with van der Waals surface area (Å²) in [5.74, 6) is 0.931. The van der Waals surface area contributed by atoms with E-state index in [0.717, 1.165) is 49.6 Å². The van der Waals surface area contributed by atoms with Crippen molar-refractivity contribution < 1.29 is 9.53 Å². The Bertz CT molecular complexity index is 837. The largest absolute Gasteiger partial charge is 0.489 e. The summed E-state index contributed by atoms with van der Waals surface area (Å²) in [5, 5.41) is 0. The normalized spacial score (nSPS) is 18.0. The summed E-state index contributed by atoms with van der Waals surface area (Å²) in [4.78, 5) is 19.6. The van der Waals surface area contributed by atoms with Crippen molar-refractivity contribution in [2.24, 2.45) is 0 Å². The molecule has 4 rings (SSSR count). The number of piperazine rings is 1. The number of rotatable bonds is 8. The van der Waals surface area contributed by atoms with Crippen LogP contribution in [0.15, 0.2) is 60.7 Å². The molecule has 2 fully saturated rings. The molecule has 0 saturated carbocycles. The number of amides is 1. The highest BCUT2D eigenvalue weighted by Crippen LogP contribution is 2.15. The van der Waals surface area contributed by atoms with Crippen LogP contribution in [-0.2, 0) is 11.4 Å². The van der Waals surface area contributed by atoms with Gasteiger partial charge in [0.2, 0.25) is 5.91 Å². The molecular formula is C26H33N3O2. The summed E-state index contributed by atoms with van der Waals surface area (Å²) in [7, 11) is 0. The molecule has 0 aromatic heterocycles. The van der Waals surface area contributed by atoms with Gasteiger partial charge in [-0.2, -0.15) is 0 Å². The molecule has 2 saturated heterocycles. The van der Waals surface area contributed by atoms with Gasteiger partial charge in [0.15, 0.2) is 0 Å². The number of carbonyl (C=O) groups excluding carboxylic acids is 1. The molecule has 2 aromatic rings. The zero-order valence-electron chi connectivity index (χ0n) is 18.3. The predicted molar refractivity (Wildman–Crippen MR) is 125 cm³/mol. The first-order valence-corrected chi connectivity index (χ1v) is 11.4. The maximum absolute atomic E-state index is 12.6. The third-order valence-electron chi connectivity index (χ3n) is 6.16. The molecule has 2 heterocycles. The lowest BCUT2D eigenvalue weighted by atomic mass is 10.2. The fourth-order valence-corrected chi connectivity index (χ4v) is 4.17. The first kappa shape index (κ1) is 21.6. The summed E-state index contributed by atoms with van der Waals surface area (Å²) in [6.07, 6.45) is 6.28. The molecule has 164 valence electrons. The molecule has 2 aliphatic heterocycles. The summed E-state index contributed by atoms with van der Waals surface area (Å²) in [6.45, 7) is 8.92. The quantitative estimate of drug-likeness (QED) is 0.614. The fraction of sp³-hybridized carbons (Fsp3) is 0.423. The van der Waals surface area contributed by atoms with E-state index in [9.17, 15) is 4.79 Å². The lowest BCUT2D eigenvalue weighted by Gasteiger charge is -2.35. The maximum Gasteiger partial charge on any atom is 0.246 e. The van der Waals surface area contributed by atoms with Gasteiger partial charge in [-0.3, -0.25) is 9.69 Å². The van der Waals surface area contributed by atoms with Crippen LogP contribution in [0.5, 0.6) is 5.75 Å².